The highest BCUT2D eigenvalue weighted by atomic mass is 16.4. The number of aliphatic carboxylic acids is 1. The van der Waals surface area contributed by atoms with Crippen molar-refractivity contribution in [2.45, 2.75) is 25.7 Å². The summed E-state index contributed by atoms with van der Waals surface area (Å²) in [7, 11) is 0. The van der Waals surface area contributed by atoms with Gasteiger partial charge in [-0.25, -0.2) is 4.79 Å². The number of hydrogen-bond donors (Lipinski definition) is 2. The van der Waals surface area contributed by atoms with Gasteiger partial charge in [-0.05, 0) is 37.0 Å². The predicted octanol–water partition coefficient (Wildman–Crippen LogP) is 1.41. The molecule has 0 bridgehead atoms. The monoisotopic (exact) mass is 195 g/mol. The third-order valence-electron chi connectivity index (χ3n) is 3.45. The Balaban J connectivity index is 1.68. The molecule has 0 aromatic carbocycles. The molecule has 2 fully saturated rings. The molecule has 2 aliphatic carbocycles. The lowest BCUT2D eigenvalue weighted by molar-refractivity contribution is -0.132. The summed E-state index contributed by atoms with van der Waals surface area (Å²) in [5.74, 6) is 0.0295. The average molecular weight is 195 g/mol. The van der Waals surface area contributed by atoms with Crippen LogP contribution in [-0.4, -0.2) is 24.2 Å². The van der Waals surface area contributed by atoms with Crippen molar-refractivity contribution in [3.05, 3.63) is 12.2 Å². The molecule has 2 rings (SSSR count). The molecule has 0 atom stereocenters. The van der Waals surface area contributed by atoms with Crippen LogP contribution >= 0.6 is 0 Å². The molecular weight excluding hydrogens is 178 g/mol. The molecule has 0 spiro atoms. The second-order valence-corrected chi connectivity index (χ2v) is 4.65. The van der Waals surface area contributed by atoms with E-state index in [9.17, 15) is 4.79 Å². The molecule has 3 nitrogen and oxygen atoms in total. The van der Waals surface area contributed by atoms with Crippen LogP contribution < -0.4 is 5.32 Å². The van der Waals surface area contributed by atoms with Crippen molar-refractivity contribution >= 4 is 5.97 Å². The van der Waals surface area contributed by atoms with Gasteiger partial charge in [-0.15, -0.1) is 0 Å². The van der Waals surface area contributed by atoms with Crippen molar-refractivity contribution in [2.75, 3.05) is 13.1 Å². The predicted molar refractivity (Wildman–Crippen MR) is 54.0 cm³/mol. The lowest BCUT2D eigenvalue weighted by Crippen LogP contribution is -2.28. The van der Waals surface area contributed by atoms with Crippen LogP contribution in [0.25, 0.3) is 0 Å². The van der Waals surface area contributed by atoms with E-state index in [1.54, 1.807) is 0 Å². The van der Waals surface area contributed by atoms with Gasteiger partial charge in [0.1, 0.15) is 0 Å². The zero-order chi connectivity index (χ0) is 10.2. The molecule has 2 N–H and O–H groups in total. The molecular formula is C11H17NO2. The van der Waals surface area contributed by atoms with Gasteiger partial charge in [-0.1, -0.05) is 6.58 Å². The molecule has 0 radical (unpaired) electrons. The Kier molecular flexibility index (Phi) is 2.35. The standard InChI is InChI=1S/C11H17NO2/c1-8(10(13)14)6-12-7-11(4-5-11)9-2-3-9/h9,12H,1-7H2,(H,13,14). The van der Waals surface area contributed by atoms with E-state index < -0.39 is 5.97 Å². The Morgan fingerprint density at radius 1 is 1.50 bits per heavy atom. The van der Waals surface area contributed by atoms with Gasteiger partial charge >= 0.3 is 5.97 Å². The van der Waals surface area contributed by atoms with Gasteiger partial charge in [0.25, 0.3) is 0 Å². The molecule has 0 saturated heterocycles. The summed E-state index contributed by atoms with van der Waals surface area (Å²) >= 11 is 0. The van der Waals surface area contributed by atoms with Gasteiger partial charge in [0, 0.05) is 18.7 Å². The van der Waals surface area contributed by atoms with Crippen LogP contribution in [0.3, 0.4) is 0 Å². The van der Waals surface area contributed by atoms with Crippen LogP contribution in [0.1, 0.15) is 25.7 Å². The van der Waals surface area contributed by atoms with E-state index in [4.69, 9.17) is 5.11 Å². The van der Waals surface area contributed by atoms with Crippen LogP contribution in [0.2, 0.25) is 0 Å². The Morgan fingerprint density at radius 3 is 2.57 bits per heavy atom. The summed E-state index contributed by atoms with van der Waals surface area (Å²) in [6, 6.07) is 0. The van der Waals surface area contributed by atoms with Crippen molar-refractivity contribution in [1.29, 1.82) is 0 Å². The minimum atomic E-state index is -0.895. The molecule has 3 heteroatoms. The summed E-state index contributed by atoms with van der Waals surface area (Å²) in [5.41, 5.74) is 0.801. The Hall–Kier alpha value is -0.830. The molecule has 0 aromatic rings. The van der Waals surface area contributed by atoms with E-state index >= 15 is 0 Å². The molecule has 0 unspecified atom stereocenters. The number of carbonyl (C=O) groups is 1. The maximum atomic E-state index is 10.5. The minimum absolute atomic E-state index is 0.261. The lowest BCUT2D eigenvalue weighted by Gasteiger charge is -2.14. The molecule has 0 aromatic heterocycles. The fraction of sp³-hybridized carbons (Fsp3) is 0.727. The van der Waals surface area contributed by atoms with E-state index in [1.165, 1.54) is 25.7 Å². The maximum absolute atomic E-state index is 10.5. The highest BCUT2D eigenvalue weighted by Crippen LogP contribution is 2.60. The van der Waals surface area contributed by atoms with Crippen molar-refractivity contribution in [3.63, 3.8) is 0 Å². The number of hydrogen-bond acceptors (Lipinski definition) is 2. The summed E-state index contributed by atoms with van der Waals surface area (Å²) in [4.78, 5) is 10.5. The lowest BCUT2D eigenvalue weighted by atomic mass is 10.0. The summed E-state index contributed by atoms with van der Waals surface area (Å²) < 4.78 is 0. The second-order valence-electron chi connectivity index (χ2n) is 4.65. The second kappa shape index (κ2) is 3.39. The normalized spacial score (nSPS) is 23.1. The quantitative estimate of drug-likeness (QED) is 0.630. The largest absolute Gasteiger partial charge is 0.478 e. The van der Waals surface area contributed by atoms with E-state index in [0.29, 0.717) is 12.0 Å². The van der Waals surface area contributed by atoms with Gasteiger partial charge in [0.2, 0.25) is 0 Å². The first-order chi connectivity index (χ1) is 6.64. The fourth-order valence-corrected chi connectivity index (χ4v) is 2.12. The van der Waals surface area contributed by atoms with E-state index in [-0.39, 0.29) is 5.57 Å². The van der Waals surface area contributed by atoms with Crippen LogP contribution in [0, 0.1) is 11.3 Å². The van der Waals surface area contributed by atoms with Gasteiger partial charge in [0.15, 0.2) is 0 Å². The van der Waals surface area contributed by atoms with E-state index in [1.807, 2.05) is 0 Å². The van der Waals surface area contributed by atoms with E-state index in [2.05, 4.69) is 11.9 Å². The number of nitrogens with one attached hydrogen (secondary N) is 1. The van der Waals surface area contributed by atoms with Crippen molar-refractivity contribution in [2.24, 2.45) is 11.3 Å². The van der Waals surface area contributed by atoms with Crippen molar-refractivity contribution in [3.8, 4) is 0 Å². The summed E-state index contributed by atoms with van der Waals surface area (Å²) in [6.07, 6.45) is 5.40. The smallest absolute Gasteiger partial charge is 0.332 e. The number of carboxylic acids is 1. The van der Waals surface area contributed by atoms with Crippen LogP contribution in [0.4, 0.5) is 0 Å². The zero-order valence-corrected chi connectivity index (χ0v) is 8.38. The van der Waals surface area contributed by atoms with Gasteiger partial charge in [-0.3, -0.25) is 0 Å². The zero-order valence-electron chi connectivity index (χ0n) is 8.38. The average Bonchev–Trinajstić information content (AvgIpc) is 2.98. The minimum Gasteiger partial charge on any atom is -0.478 e. The number of rotatable bonds is 6. The summed E-state index contributed by atoms with van der Waals surface area (Å²) in [6.45, 7) is 4.89. The molecule has 0 heterocycles. The highest BCUT2D eigenvalue weighted by Gasteiger charge is 2.53. The fourth-order valence-electron chi connectivity index (χ4n) is 2.12. The maximum Gasteiger partial charge on any atom is 0.332 e. The summed E-state index contributed by atoms with van der Waals surface area (Å²) in [5, 5.41) is 11.8. The Bertz CT molecular complexity index is 264. The molecule has 2 aliphatic rings. The van der Waals surface area contributed by atoms with Gasteiger partial charge < -0.3 is 10.4 Å². The third kappa shape index (κ3) is 1.98. The molecule has 14 heavy (non-hydrogen) atoms. The number of carboxylic acid groups (broad SMARTS) is 1. The van der Waals surface area contributed by atoms with Crippen molar-refractivity contribution < 1.29 is 9.90 Å². The van der Waals surface area contributed by atoms with Gasteiger partial charge in [-0.2, -0.15) is 0 Å². The Morgan fingerprint density at radius 2 is 2.14 bits per heavy atom. The van der Waals surface area contributed by atoms with Crippen LogP contribution in [-0.2, 0) is 4.79 Å². The molecule has 2 saturated carbocycles. The Labute approximate surface area is 84.2 Å². The highest BCUT2D eigenvalue weighted by molar-refractivity contribution is 5.86. The first-order valence-electron chi connectivity index (χ1n) is 5.26. The first kappa shape index (κ1) is 9.71. The van der Waals surface area contributed by atoms with Crippen LogP contribution in [0.15, 0.2) is 12.2 Å². The molecule has 0 aliphatic heterocycles. The molecule has 78 valence electrons. The van der Waals surface area contributed by atoms with Gasteiger partial charge in [0.05, 0.1) is 0 Å². The topological polar surface area (TPSA) is 49.3 Å². The van der Waals surface area contributed by atoms with E-state index in [0.717, 1.165) is 12.5 Å². The first-order valence-corrected chi connectivity index (χ1v) is 5.26. The molecule has 0 amide bonds. The third-order valence-corrected chi connectivity index (χ3v) is 3.45. The van der Waals surface area contributed by atoms with Crippen LogP contribution in [0.5, 0.6) is 0 Å². The SMILES string of the molecule is C=C(CNCC1(C2CC2)CC1)C(=O)O. The van der Waals surface area contributed by atoms with Crippen molar-refractivity contribution in [1.82, 2.24) is 5.32 Å².